The van der Waals surface area contributed by atoms with E-state index in [2.05, 4.69) is 32.2 Å². The molecule has 0 saturated carbocycles. The molecule has 1 aromatic carbocycles. The zero-order valence-corrected chi connectivity index (χ0v) is 11.9. The molecule has 5 heteroatoms. The summed E-state index contributed by atoms with van der Waals surface area (Å²) in [5.41, 5.74) is 1.62. The van der Waals surface area contributed by atoms with Gasteiger partial charge in [-0.3, -0.25) is 0 Å². The second-order valence-electron chi connectivity index (χ2n) is 4.35. The van der Waals surface area contributed by atoms with E-state index in [0.29, 0.717) is 5.56 Å². The van der Waals surface area contributed by atoms with E-state index in [1.807, 2.05) is 25.2 Å². The molecule has 1 aliphatic heterocycles. The molecule has 0 bridgehead atoms. The van der Waals surface area contributed by atoms with Crippen LogP contribution in [0.2, 0.25) is 0 Å². The molecule has 1 aliphatic rings. The number of benzene rings is 1. The molecule has 1 unspecified atom stereocenters. The van der Waals surface area contributed by atoms with Gasteiger partial charge in [0.1, 0.15) is 6.07 Å². The molecule has 0 aromatic heterocycles. The van der Waals surface area contributed by atoms with E-state index in [9.17, 15) is 0 Å². The van der Waals surface area contributed by atoms with Crippen LogP contribution < -0.4 is 10.2 Å². The van der Waals surface area contributed by atoms with E-state index < -0.39 is 0 Å². The van der Waals surface area contributed by atoms with Crippen LogP contribution in [0.15, 0.2) is 22.7 Å². The van der Waals surface area contributed by atoms with E-state index in [4.69, 9.17) is 10.00 Å². The standard InChI is InChI=1S/C13H16BrN3O/c1-17(9-12-8-16-4-5-18-12)13-6-11(14)3-2-10(13)7-15/h2-3,6,12,16H,4-5,8-9H2,1H3. The summed E-state index contributed by atoms with van der Waals surface area (Å²) in [6, 6.07) is 7.90. The molecular formula is C13H16BrN3O. The number of halogens is 1. The SMILES string of the molecule is CN(CC1CNCCO1)c1cc(Br)ccc1C#N. The monoisotopic (exact) mass is 309 g/mol. The van der Waals surface area contributed by atoms with Gasteiger partial charge in [0.05, 0.1) is 24.0 Å². The summed E-state index contributed by atoms with van der Waals surface area (Å²) in [5, 5.41) is 12.4. The molecular weight excluding hydrogens is 294 g/mol. The van der Waals surface area contributed by atoms with Crippen LogP contribution in [0, 0.1) is 11.3 Å². The van der Waals surface area contributed by atoms with Crippen molar-refractivity contribution in [3.05, 3.63) is 28.2 Å². The van der Waals surface area contributed by atoms with Gasteiger partial charge in [-0.05, 0) is 18.2 Å². The first-order valence-electron chi connectivity index (χ1n) is 5.94. The summed E-state index contributed by atoms with van der Waals surface area (Å²) in [6.45, 7) is 3.31. The Kier molecular flexibility index (Phi) is 4.59. The fourth-order valence-electron chi connectivity index (χ4n) is 2.06. The second kappa shape index (κ2) is 6.19. The number of morpholine rings is 1. The molecule has 1 saturated heterocycles. The van der Waals surface area contributed by atoms with Crippen molar-refractivity contribution < 1.29 is 4.74 Å². The summed E-state index contributed by atoms with van der Waals surface area (Å²) in [4.78, 5) is 2.07. The minimum absolute atomic E-state index is 0.175. The van der Waals surface area contributed by atoms with Gasteiger partial charge in [-0.25, -0.2) is 0 Å². The fraction of sp³-hybridized carbons (Fsp3) is 0.462. The Balaban J connectivity index is 2.10. The zero-order chi connectivity index (χ0) is 13.0. The quantitative estimate of drug-likeness (QED) is 0.924. The molecule has 18 heavy (non-hydrogen) atoms. The summed E-state index contributed by atoms with van der Waals surface area (Å²) in [7, 11) is 1.99. The summed E-state index contributed by atoms with van der Waals surface area (Å²) < 4.78 is 6.65. The van der Waals surface area contributed by atoms with Gasteiger partial charge in [0.25, 0.3) is 0 Å². The van der Waals surface area contributed by atoms with Crippen molar-refractivity contribution in [2.45, 2.75) is 6.10 Å². The Hall–Kier alpha value is -1.09. The molecule has 1 heterocycles. The molecule has 96 valence electrons. The lowest BCUT2D eigenvalue weighted by Gasteiger charge is -2.29. The Morgan fingerprint density at radius 1 is 1.61 bits per heavy atom. The maximum absolute atomic E-state index is 9.13. The van der Waals surface area contributed by atoms with Gasteiger partial charge in [0.15, 0.2) is 0 Å². The van der Waals surface area contributed by atoms with Crippen LogP contribution in [0.1, 0.15) is 5.56 Å². The third-order valence-corrected chi connectivity index (χ3v) is 3.47. The summed E-state index contributed by atoms with van der Waals surface area (Å²) in [5.74, 6) is 0. The number of hydrogen-bond acceptors (Lipinski definition) is 4. The predicted molar refractivity (Wildman–Crippen MR) is 74.7 cm³/mol. The van der Waals surface area contributed by atoms with Gasteiger partial charge in [0, 0.05) is 31.2 Å². The van der Waals surface area contributed by atoms with Gasteiger partial charge >= 0.3 is 0 Å². The molecule has 0 radical (unpaired) electrons. The number of nitriles is 1. The molecule has 0 amide bonds. The van der Waals surface area contributed by atoms with Gasteiger partial charge < -0.3 is 15.0 Å². The normalized spacial score (nSPS) is 19.3. The minimum atomic E-state index is 0.175. The van der Waals surface area contributed by atoms with Crippen LogP contribution in [0.5, 0.6) is 0 Å². The Labute approximate surface area is 116 Å². The van der Waals surface area contributed by atoms with Crippen LogP contribution in [-0.2, 0) is 4.74 Å². The molecule has 2 rings (SSSR count). The van der Waals surface area contributed by atoms with Crippen molar-refractivity contribution in [1.82, 2.24) is 5.32 Å². The highest BCUT2D eigenvalue weighted by Crippen LogP contribution is 2.24. The highest BCUT2D eigenvalue weighted by molar-refractivity contribution is 9.10. The average molecular weight is 310 g/mol. The smallest absolute Gasteiger partial charge is 0.101 e. The predicted octanol–water partition coefficient (Wildman–Crippen LogP) is 1.75. The molecule has 0 spiro atoms. The first kappa shape index (κ1) is 13.3. The van der Waals surface area contributed by atoms with Gasteiger partial charge in [0.2, 0.25) is 0 Å². The van der Waals surface area contributed by atoms with Gasteiger partial charge in [-0.15, -0.1) is 0 Å². The number of rotatable bonds is 3. The zero-order valence-electron chi connectivity index (χ0n) is 10.3. The first-order valence-corrected chi connectivity index (χ1v) is 6.73. The lowest BCUT2D eigenvalue weighted by Crippen LogP contribution is -2.44. The Bertz CT molecular complexity index is 452. The van der Waals surface area contributed by atoms with Crippen LogP contribution in [0.4, 0.5) is 5.69 Å². The number of likely N-dealkylation sites (N-methyl/N-ethyl adjacent to an activating group) is 1. The number of ether oxygens (including phenoxy) is 1. The van der Waals surface area contributed by atoms with Crippen LogP contribution in [-0.4, -0.2) is 39.4 Å². The topological polar surface area (TPSA) is 48.3 Å². The fourth-order valence-corrected chi connectivity index (χ4v) is 2.40. The van der Waals surface area contributed by atoms with Gasteiger partial charge in [-0.2, -0.15) is 5.26 Å². The van der Waals surface area contributed by atoms with Crippen LogP contribution in [0.25, 0.3) is 0 Å². The van der Waals surface area contributed by atoms with Crippen molar-refractivity contribution in [2.75, 3.05) is 38.2 Å². The van der Waals surface area contributed by atoms with E-state index in [0.717, 1.165) is 36.4 Å². The third kappa shape index (κ3) is 3.22. The van der Waals surface area contributed by atoms with Crippen LogP contribution in [0.3, 0.4) is 0 Å². The van der Waals surface area contributed by atoms with E-state index >= 15 is 0 Å². The first-order chi connectivity index (χ1) is 8.70. The van der Waals surface area contributed by atoms with Crippen molar-refractivity contribution >= 4 is 21.6 Å². The number of nitrogens with zero attached hydrogens (tertiary/aromatic N) is 2. The highest BCUT2D eigenvalue weighted by atomic mass is 79.9. The summed E-state index contributed by atoms with van der Waals surface area (Å²) >= 11 is 3.44. The lowest BCUT2D eigenvalue weighted by molar-refractivity contribution is 0.0340. The number of anilines is 1. The van der Waals surface area contributed by atoms with Crippen molar-refractivity contribution in [3.63, 3.8) is 0 Å². The Morgan fingerprint density at radius 2 is 2.44 bits per heavy atom. The van der Waals surface area contributed by atoms with Crippen LogP contribution >= 0.6 is 15.9 Å². The largest absolute Gasteiger partial charge is 0.374 e. The van der Waals surface area contributed by atoms with Crippen molar-refractivity contribution in [2.24, 2.45) is 0 Å². The summed E-state index contributed by atoms with van der Waals surface area (Å²) in [6.07, 6.45) is 0.175. The highest BCUT2D eigenvalue weighted by Gasteiger charge is 2.17. The third-order valence-electron chi connectivity index (χ3n) is 2.97. The van der Waals surface area contributed by atoms with Gasteiger partial charge in [-0.1, -0.05) is 15.9 Å². The minimum Gasteiger partial charge on any atom is -0.374 e. The molecule has 1 aromatic rings. The molecule has 0 aliphatic carbocycles. The molecule has 1 atom stereocenters. The Morgan fingerprint density at radius 3 is 3.11 bits per heavy atom. The van der Waals surface area contributed by atoms with E-state index in [1.54, 1.807) is 0 Å². The number of nitrogens with one attached hydrogen (secondary N) is 1. The lowest BCUT2D eigenvalue weighted by atomic mass is 10.1. The van der Waals surface area contributed by atoms with Crippen molar-refractivity contribution in [3.8, 4) is 6.07 Å². The molecule has 4 nitrogen and oxygen atoms in total. The molecule has 1 fully saturated rings. The van der Waals surface area contributed by atoms with E-state index in [1.165, 1.54) is 0 Å². The maximum atomic E-state index is 9.13. The molecule has 1 N–H and O–H groups in total. The second-order valence-corrected chi connectivity index (χ2v) is 5.27. The van der Waals surface area contributed by atoms with E-state index in [-0.39, 0.29) is 6.10 Å². The average Bonchev–Trinajstić information content (AvgIpc) is 2.40. The van der Waals surface area contributed by atoms with Crippen molar-refractivity contribution in [1.29, 1.82) is 5.26 Å². The maximum Gasteiger partial charge on any atom is 0.101 e. The number of hydrogen-bond donors (Lipinski definition) is 1.